The first-order valence-corrected chi connectivity index (χ1v) is 11.7. The Balaban J connectivity index is 1.55. The number of hydrogen-bond donors (Lipinski definition) is 3. The highest BCUT2D eigenvalue weighted by Crippen LogP contribution is 2.21. The van der Waals surface area contributed by atoms with Crippen molar-refractivity contribution in [2.75, 3.05) is 5.32 Å². The first-order valence-electron chi connectivity index (χ1n) is 11.3. The van der Waals surface area contributed by atoms with Crippen molar-refractivity contribution in [1.29, 1.82) is 0 Å². The first kappa shape index (κ1) is 27.2. The lowest BCUT2D eigenvalue weighted by Gasteiger charge is -2.17. The van der Waals surface area contributed by atoms with Gasteiger partial charge in [0, 0.05) is 33.3 Å². The second kappa shape index (κ2) is 12.0. The summed E-state index contributed by atoms with van der Waals surface area (Å²) in [4.78, 5) is 49.1. The van der Waals surface area contributed by atoms with E-state index >= 15 is 0 Å². The zero-order valence-corrected chi connectivity index (χ0v) is 21.3. The average Bonchev–Trinajstić information content (AvgIpc) is 2.87. The Morgan fingerprint density at radius 1 is 0.811 bits per heavy atom. The average molecular weight is 520 g/mol. The fourth-order valence-electron chi connectivity index (χ4n) is 2.88. The number of amides is 3. The van der Waals surface area contributed by atoms with Crippen LogP contribution in [-0.4, -0.2) is 23.7 Å². The lowest BCUT2D eigenvalue weighted by Crippen LogP contribution is -2.40. The summed E-state index contributed by atoms with van der Waals surface area (Å²) in [6.45, 7) is 5.40. The van der Waals surface area contributed by atoms with E-state index in [-0.39, 0.29) is 17.2 Å². The van der Waals surface area contributed by atoms with Gasteiger partial charge >= 0.3 is 5.97 Å². The molecule has 3 N–H and O–H groups in total. The van der Waals surface area contributed by atoms with Gasteiger partial charge in [-0.3, -0.25) is 25.2 Å². The summed E-state index contributed by atoms with van der Waals surface area (Å²) in [6, 6.07) is 19.2. The Bertz CT molecular complexity index is 1330. The highest BCUT2D eigenvalue weighted by molar-refractivity contribution is 6.30. The third-order valence-corrected chi connectivity index (χ3v) is 5.25. The molecular weight excluding hydrogens is 494 g/mol. The molecule has 37 heavy (non-hydrogen) atoms. The molecule has 0 saturated carbocycles. The van der Waals surface area contributed by atoms with Crippen LogP contribution in [0.25, 0.3) is 6.08 Å². The van der Waals surface area contributed by atoms with Crippen LogP contribution in [0.5, 0.6) is 5.75 Å². The molecule has 0 radical (unpaired) electrons. The van der Waals surface area contributed by atoms with Crippen LogP contribution in [0.2, 0.25) is 5.02 Å². The van der Waals surface area contributed by atoms with Crippen LogP contribution >= 0.6 is 11.6 Å². The minimum absolute atomic E-state index is 0.148. The molecule has 0 aliphatic rings. The lowest BCUT2D eigenvalue weighted by atomic mass is 9.95. The zero-order valence-electron chi connectivity index (χ0n) is 20.5. The number of para-hydroxylation sites is 1. The predicted octanol–water partition coefficient (Wildman–Crippen LogP) is 5.02. The number of carbonyl (C=O) groups is 4. The molecule has 0 bridgehead atoms. The van der Waals surface area contributed by atoms with Crippen molar-refractivity contribution in [1.82, 2.24) is 10.9 Å². The third-order valence-electron chi connectivity index (χ3n) is 5.00. The lowest BCUT2D eigenvalue weighted by molar-refractivity contribution is -0.123. The van der Waals surface area contributed by atoms with Crippen LogP contribution in [0.1, 0.15) is 47.1 Å². The molecule has 0 aromatic heterocycles. The van der Waals surface area contributed by atoms with Gasteiger partial charge in [0.2, 0.25) is 5.91 Å². The second-order valence-corrected chi connectivity index (χ2v) is 9.43. The van der Waals surface area contributed by atoms with Crippen molar-refractivity contribution >= 4 is 47.1 Å². The summed E-state index contributed by atoms with van der Waals surface area (Å²) >= 11 is 5.85. The van der Waals surface area contributed by atoms with Crippen LogP contribution in [-0.2, 0) is 9.59 Å². The molecular formula is C28H26ClN3O5. The normalized spacial score (nSPS) is 11.0. The predicted molar refractivity (Wildman–Crippen MR) is 142 cm³/mol. The molecule has 9 heteroatoms. The Hall–Kier alpha value is -4.43. The number of ether oxygens (including phenoxy) is 1. The minimum Gasteiger partial charge on any atom is -0.422 e. The van der Waals surface area contributed by atoms with Crippen molar-refractivity contribution in [3.8, 4) is 5.75 Å². The van der Waals surface area contributed by atoms with E-state index in [4.69, 9.17) is 16.3 Å². The van der Waals surface area contributed by atoms with Crippen LogP contribution in [0.3, 0.4) is 0 Å². The summed E-state index contributed by atoms with van der Waals surface area (Å²) in [7, 11) is 0. The van der Waals surface area contributed by atoms with E-state index in [0.717, 1.165) is 0 Å². The van der Waals surface area contributed by atoms with E-state index in [1.807, 2.05) is 0 Å². The molecule has 0 aliphatic heterocycles. The molecule has 3 aromatic rings. The Labute approximate surface area is 219 Å². The fourth-order valence-corrected chi connectivity index (χ4v) is 3.00. The number of halogens is 1. The zero-order chi connectivity index (χ0) is 27.0. The van der Waals surface area contributed by atoms with Crippen LogP contribution < -0.4 is 20.9 Å². The molecule has 8 nitrogen and oxygen atoms in total. The molecule has 190 valence electrons. The van der Waals surface area contributed by atoms with Crippen molar-refractivity contribution in [3.05, 3.63) is 101 Å². The largest absolute Gasteiger partial charge is 0.422 e. The molecule has 0 unspecified atom stereocenters. The van der Waals surface area contributed by atoms with E-state index in [1.165, 1.54) is 24.3 Å². The van der Waals surface area contributed by atoms with Gasteiger partial charge in [0.05, 0.1) is 5.56 Å². The van der Waals surface area contributed by atoms with E-state index in [0.29, 0.717) is 21.8 Å². The van der Waals surface area contributed by atoms with Gasteiger partial charge < -0.3 is 10.1 Å². The van der Waals surface area contributed by atoms with Crippen LogP contribution in [0.15, 0.2) is 78.9 Å². The first-order chi connectivity index (χ1) is 17.5. The number of rotatable bonds is 6. The Morgan fingerprint density at radius 3 is 2.08 bits per heavy atom. The van der Waals surface area contributed by atoms with Crippen molar-refractivity contribution in [2.24, 2.45) is 5.41 Å². The number of hydrogen-bond acceptors (Lipinski definition) is 5. The van der Waals surface area contributed by atoms with Crippen molar-refractivity contribution in [2.45, 2.75) is 20.8 Å². The number of benzene rings is 3. The number of esters is 1. The number of nitrogens with one attached hydrogen (secondary N) is 3. The summed E-state index contributed by atoms with van der Waals surface area (Å²) in [5.74, 6) is -1.59. The van der Waals surface area contributed by atoms with Gasteiger partial charge in [-0.1, -0.05) is 50.6 Å². The third kappa shape index (κ3) is 8.05. The second-order valence-electron chi connectivity index (χ2n) is 8.99. The molecule has 3 rings (SSSR count). The smallest absolute Gasteiger partial charge is 0.343 e. The Morgan fingerprint density at radius 2 is 1.43 bits per heavy atom. The molecule has 0 aliphatic carbocycles. The number of hydrazine groups is 1. The summed E-state index contributed by atoms with van der Waals surface area (Å²) in [5.41, 5.74) is 5.72. The molecule has 0 atom stereocenters. The van der Waals surface area contributed by atoms with Gasteiger partial charge in [-0.05, 0) is 60.7 Å². The number of carbonyl (C=O) groups excluding carboxylic acids is 4. The monoisotopic (exact) mass is 519 g/mol. The van der Waals surface area contributed by atoms with Crippen LogP contribution in [0, 0.1) is 5.41 Å². The standard InChI is InChI=1S/C28H26ClN3O5/c1-28(2,3)27(36)30-22-15-10-19(11-16-22)25(34)32-31-24(33)17-12-18-6-4-5-7-23(18)37-26(35)20-8-13-21(29)14-9-20/h4-17H,1-3H3,(H,30,36)(H,31,33)(H,32,34)/b17-12+. The van der Waals surface area contributed by atoms with Gasteiger partial charge in [-0.2, -0.15) is 0 Å². The van der Waals surface area contributed by atoms with Crippen LogP contribution in [0.4, 0.5) is 5.69 Å². The highest BCUT2D eigenvalue weighted by Gasteiger charge is 2.21. The molecule has 0 spiro atoms. The summed E-state index contributed by atoms with van der Waals surface area (Å²) < 4.78 is 5.45. The van der Waals surface area contributed by atoms with E-state index in [9.17, 15) is 19.2 Å². The van der Waals surface area contributed by atoms with Gasteiger partial charge in [0.15, 0.2) is 0 Å². The van der Waals surface area contributed by atoms with Gasteiger partial charge in [0.1, 0.15) is 5.75 Å². The topological polar surface area (TPSA) is 114 Å². The molecule has 0 fully saturated rings. The molecule has 3 amide bonds. The maximum absolute atomic E-state index is 12.4. The molecule has 3 aromatic carbocycles. The minimum atomic E-state index is -0.596. The number of anilines is 1. The molecule has 0 saturated heterocycles. The van der Waals surface area contributed by atoms with Crippen molar-refractivity contribution in [3.63, 3.8) is 0 Å². The Kier molecular flexibility index (Phi) is 8.81. The van der Waals surface area contributed by atoms with Gasteiger partial charge in [-0.15, -0.1) is 0 Å². The van der Waals surface area contributed by atoms with E-state index in [1.54, 1.807) is 81.4 Å². The summed E-state index contributed by atoms with van der Waals surface area (Å²) in [6.07, 6.45) is 2.65. The maximum atomic E-state index is 12.4. The quantitative estimate of drug-likeness (QED) is 0.183. The fraction of sp³-hybridized carbons (Fsp3) is 0.143. The van der Waals surface area contributed by atoms with E-state index < -0.39 is 23.2 Å². The van der Waals surface area contributed by atoms with E-state index in [2.05, 4.69) is 16.2 Å². The van der Waals surface area contributed by atoms with Crippen molar-refractivity contribution < 1.29 is 23.9 Å². The molecule has 0 heterocycles. The maximum Gasteiger partial charge on any atom is 0.343 e. The SMILES string of the molecule is CC(C)(C)C(=O)Nc1ccc(C(=O)NNC(=O)/C=C/c2ccccc2OC(=O)c2ccc(Cl)cc2)cc1. The highest BCUT2D eigenvalue weighted by atomic mass is 35.5. The van der Waals surface area contributed by atoms with Gasteiger partial charge in [0.25, 0.3) is 11.8 Å². The summed E-state index contributed by atoms with van der Waals surface area (Å²) in [5, 5.41) is 3.27. The van der Waals surface area contributed by atoms with Gasteiger partial charge in [-0.25, -0.2) is 4.79 Å².